The van der Waals surface area contributed by atoms with Gasteiger partial charge in [-0.2, -0.15) is 0 Å². The lowest BCUT2D eigenvalue weighted by atomic mass is 10.2. The Hall–Kier alpha value is -3.35. The number of imidazole rings is 1. The number of carbonyl (C=O) groups excluding carboxylic acids is 2. The number of hydrogen-bond acceptors (Lipinski definition) is 5. The first-order valence-electron chi connectivity index (χ1n) is 7.67. The molecule has 0 fully saturated rings. The van der Waals surface area contributed by atoms with Crippen molar-refractivity contribution in [3.8, 4) is 5.75 Å². The normalized spacial score (nSPS) is 11.8. The van der Waals surface area contributed by atoms with Crippen LogP contribution in [0, 0.1) is 0 Å². The molecule has 0 spiro atoms. The molecule has 0 bridgehead atoms. The maximum atomic E-state index is 12.3. The molecule has 0 aliphatic carbocycles. The van der Waals surface area contributed by atoms with Gasteiger partial charge in [-0.05, 0) is 31.2 Å². The summed E-state index contributed by atoms with van der Waals surface area (Å²) in [5, 5.41) is 2.68. The lowest BCUT2D eigenvalue weighted by molar-refractivity contribution is -0.123. The number of anilines is 1. The fourth-order valence-electron chi connectivity index (χ4n) is 2.29. The van der Waals surface area contributed by atoms with Crippen molar-refractivity contribution in [2.75, 3.05) is 12.4 Å². The average Bonchev–Trinajstić information content (AvgIpc) is 3.06. The lowest BCUT2D eigenvalue weighted by Crippen LogP contribution is -2.30. The number of rotatable bonds is 5. The van der Waals surface area contributed by atoms with E-state index in [-0.39, 0.29) is 5.69 Å². The summed E-state index contributed by atoms with van der Waals surface area (Å²) in [5.41, 5.74) is 1.27. The van der Waals surface area contributed by atoms with Crippen molar-refractivity contribution in [3.63, 3.8) is 0 Å². The van der Waals surface area contributed by atoms with E-state index in [0.29, 0.717) is 17.1 Å². The molecule has 0 saturated carbocycles. The molecule has 0 aliphatic rings. The van der Waals surface area contributed by atoms with Crippen LogP contribution in [0.2, 0.25) is 0 Å². The molecule has 7 nitrogen and oxygen atoms in total. The van der Waals surface area contributed by atoms with Gasteiger partial charge in [0.15, 0.2) is 11.8 Å². The molecule has 1 amide bonds. The molecule has 7 heteroatoms. The standard InChI is InChI=1S/C18H17N3O4/c1-12(17(22)20-13-7-3-4-8-15(13)24-2)25-18(23)14-11-21-10-6-5-9-16(21)19-14/h3-12H,1-2H3,(H,20,22)/t12-/m1/s1. The number of nitrogens with zero attached hydrogens (tertiary/aromatic N) is 2. The summed E-state index contributed by atoms with van der Waals surface area (Å²) in [4.78, 5) is 28.6. The number of aromatic nitrogens is 2. The first-order chi connectivity index (χ1) is 12.1. The van der Waals surface area contributed by atoms with Crippen LogP contribution < -0.4 is 10.1 Å². The molecule has 3 rings (SSSR count). The molecule has 3 aromatic rings. The number of pyridine rings is 1. The third-order valence-electron chi connectivity index (χ3n) is 3.59. The largest absolute Gasteiger partial charge is 0.495 e. The van der Waals surface area contributed by atoms with E-state index in [0.717, 1.165) is 0 Å². The van der Waals surface area contributed by atoms with Crippen LogP contribution in [0.15, 0.2) is 54.9 Å². The van der Waals surface area contributed by atoms with E-state index in [9.17, 15) is 9.59 Å². The van der Waals surface area contributed by atoms with Crippen LogP contribution in [0.3, 0.4) is 0 Å². The number of ether oxygens (including phenoxy) is 2. The van der Waals surface area contributed by atoms with Crippen molar-refractivity contribution in [3.05, 3.63) is 60.6 Å². The average molecular weight is 339 g/mol. The highest BCUT2D eigenvalue weighted by atomic mass is 16.5. The Labute approximate surface area is 144 Å². The van der Waals surface area contributed by atoms with Crippen LogP contribution in [0.1, 0.15) is 17.4 Å². The maximum absolute atomic E-state index is 12.3. The number of esters is 1. The summed E-state index contributed by atoms with van der Waals surface area (Å²) < 4.78 is 12.1. The van der Waals surface area contributed by atoms with Gasteiger partial charge in [0.05, 0.1) is 12.8 Å². The Morgan fingerprint density at radius 2 is 1.92 bits per heavy atom. The maximum Gasteiger partial charge on any atom is 0.359 e. The van der Waals surface area contributed by atoms with Crippen LogP contribution in [0.5, 0.6) is 5.75 Å². The molecule has 0 saturated heterocycles. The highest BCUT2D eigenvalue weighted by molar-refractivity contribution is 5.97. The van der Waals surface area contributed by atoms with Gasteiger partial charge in [0, 0.05) is 12.4 Å². The number of methoxy groups -OCH3 is 1. The monoisotopic (exact) mass is 339 g/mol. The third kappa shape index (κ3) is 3.60. The zero-order chi connectivity index (χ0) is 17.8. The van der Waals surface area contributed by atoms with Gasteiger partial charge in [-0.15, -0.1) is 0 Å². The Morgan fingerprint density at radius 1 is 1.16 bits per heavy atom. The number of amides is 1. The van der Waals surface area contributed by atoms with Crippen molar-refractivity contribution in [1.29, 1.82) is 0 Å². The molecule has 128 valence electrons. The Kier molecular flexibility index (Phi) is 4.65. The van der Waals surface area contributed by atoms with Crippen LogP contribution in [0.25, 0.3) is 5.65 Å². The van der Waals surface area contributed by atoms with E-state index in [2.05, 4.69) is 10.3 Å². The fourth-order valence-corrected chi connectivity index (χ4v) is 2.29. The summed E-state index contributed by atoms with van der Waals surface area (Å²) in [5.74, 6) is -0.595. The SMILES string of the molecule is COc1ccccc1NC(=O)[C@@H](C)OC(=O)c1cn2ccccc2n1. The predicted molar refractivity (Wildman–Crippen MR) is 91.7 cm³/mol. The number of para-hydroxylation sites is 2. The van der Waals surface area contributed by atoms with Crippen molar-refractivity contribution in [1.82, 2.24) is 9.38 Å². The number of carbonyl (C=O) groups is 2. The van der Waals surface area contributed by atoms with E-state index < -0.39 is 18.0 Å². The number of fused-ring (bicyclic) bond motifs is 1. The van der Waals surface area contributed by atoms with Gasteiger partial charge in [0.25, 0.3) is 5.91 Å². The van der Waals surface area contributed by atoms with Crippen LogP contribution in [-0.2, 0) is 9.53 Å². The predicted octanol–water partition coefficient (Wildman–Crippen LogP) is 2.53. The van der Waals surface area contributed by atoms with E-state index >= 15 is 0 Å². The van der Waals surface area contributed by atoms with Gasteiger partial charge < -0.3 is 19.2 Å². The molecule has 0 aliphatic heterocycles. The van der Waals surface area contributed by atoms with Crippen molar-refractivity contribution in [2.45, 2.75) is 13.0 Å². The highest BCUT2D eigenvalue weighted by Gasteiger charge is 2.21. The van der Waals surface area contributed by atoms with Gasteiger partial charge >= 0.3 is 5.97 Å². The first kappa shape index (κ1) is 16.5. The Bertz CT molecular complexity index is 886. The minimum Gasteiger partial charge on any atom is -0.495 e. The molecular weight excluding hydrogens is 322 g/mol. The van der Waals surface area contributed by atoms with Gasteiger partial charge in [-0.1, -0.05) is 18.2 Å². The molecule has 2 aromatic heterocycles. The smallest absolute Gasteiger partial charge is 0.359 e. The number of benzene rings is 1. The fraction of sp³-hybridized carbons (Fsp3) is 0.167. The summed E-state index contributed by atoms with van der Waals surface area (Å²) in [7, 11) is 1.51. The summed E-state index contributed by atoms with van der Waals surface area (Å²) >= 11 is 0. The van der Waals surface area contributed by atoms with E-state index in [1.807, 2.05) is 12.1 Å². The second-order valence-electron chi connectivity index (χ2n) is 5.33. The molecule has 1 N–H and O–H groups in total. The van der Waals surface area contributed by atoms with Crippen LogP contribution >= 0.6 is 0 Å². The van der Waals surface area contributed by atoms with E-state index in [4.69, 9.17) is 9.47 Å². The van der Waals surface area contributed by atoms with Crippen LogP contribution in [-0.4, -0.2) is 34.5 Å². The van der Waals surface area contributed by atoms with Gasteiger partial charge in [-0.25, -0.2) is 9.78 Å². The Morgan fingerprint density at radius 3 is 2.68 bits per heavy atom. The van der Waals surface area contributed by atoms with E-state index in [1.165, 1.54) is 14.0 Å². The number of hydrogen-bond donors (Lipinski definition) is 1. The quantitative estimate of drug-likeness (QED) is 0.722. The second-order valence-corrected chi connectivity index (χ2v) is 5.33. The molecule has 0 radical (unpaired) electrons. The summed E-state index contributed by atoms with van der Waals surface area (Å²) in [6, 6.07) is 12.4. The third-order valence-corrected chi connectivity index (χ3v) is 3.59. The molecular formula is C18H17N3O4. The summed E-state index contributed by atoms with van der Waals surface area (Å²) in [6.07, 6.45) is 2.35. The minimum absolute atomic E-state index is 0.142. The molecule has 25 heavy (non-hydrogen) atoms. The Balaban J connectivity index is 1.67. The minimum atomic E-state index is -0.984. The number of nitrogens with one attached hydrogen (secondary N) is 1. The topological polar surface area (TPSA) is 81.9 Å². The van der Waals surface area contributed by atoms with Gasteiger partial charge in [-0.3, -0.25) is 4.79 Å². The van der Waals surface area contributed by atoms with Crippen molar-refractivity contribution in [2.24, 2.45) is 0 Å². The molecule has 1 aromatic carbocycles. The zero-order valence-corrected chi connectivity index (χ0v) is 13.8. The highest BCUT2D eigenvalue weighted by Crippen LogP contribution is 2.23. The van der Waals surface area contributed by atoms with Gasteiger partial charge in [0.2, 0.25) is 0 Å². The molecule has 0 unspecified atom stereocenters. The summed E-state index contributed by atoms with van der Waals surface area (Å²) in [6.45, 7) is 1.50. The van der Waals surface area contributed by atoms with Crippen molar-refractivity contribution >= 4 is 23.2 Å². The lowest BCUT2D eigenvalue weighted by Gasteiger charge is -2.14. The zero-order valence-electron chi connectivity index (χ0n) is 13.8. The first-order valence-corrected chi connectivity index (χ1v) is 7.67. The van der Waals surface area contributed by atoms with Crippen LogP contribution in [0.4, 0.5) is 5.69 Å². The van der Waals surface area contributed by atoms with Gasteiger partial charge in [0.1, 0.15) is 11.4 Å². The van der Waals surface area contributed by atoms with Crippen molar-refractivity contribution < 1.29 is 19.1 Å². The molecule has 1 atom stereocenters. The van der Waals surface area contributed by atoms with E-state index in [1.54, 1.807) is 47.1 Å². The second kappa shape index (κ2) is 7.04. The molecule has 2 heterocycles.